The molecule has 120 valence electrons. The van der Waals surface area contributed by atoms with E-state index >= 15 is 0 Å². The van der Waals surface area contributed by atoms with E-state index in [9.17, 15) is 9.59 Å². The van der Waals surface area contributed by atoms with Crippen molar-refractivity contribution < 1.29 is 9.59 Å². The first kappa shape index (κ1) is 16.5. The first-order chi connectivity index (χ1) is 11.1. The summed E-state index contributed by atoms with van der Waals surface area (Å²) in [7, 11) is 0. The Kier molecular flexibility index (Phi) is 5.74. The number of hydrogen-bond donors (Lipinski definition) is 3. The van der Waals surface area contributed by atoms with E-state index in [-0.39, 0.29) is 12.3 Å². The van der Waals surface area contributed by atoms with Crippen molar-refractivity contribution in [1.29, 1.82) is 0 Å². The Balaban J connectivity index is 1.98. The molecule has 2 rings (SSSR count). The molecule has 0 aliphatic heterocycles. The van der Waals surface area contributed by atoms with Gasteiger partial charge in [-0.1, -0.05) is 54.6 Å². The third-order valence-corrected chi connectivity index (χ3v) is 3.65. The highest BCUT2D eigenvalue weighted by molar-refractivity contribution is 5.78. The van der Waals surface area contributed by atoms with Gasteiger partial charge in [0.25, 0.3) is 0 Å². The van der Waals surface area contributed by atoms with Gasteiger partial charge in [0.2, 0.25) is 5.91 Å². The van der Waals surface area contributed by atoms with E-state index in [1.807, 2.05) is 61.5 Å². The predicted molar refractivity (Wildman–Crippen MR) is 89.5 cm³/mol. The van der Waals surface area contributed by atoms with E-state index in [1.54, 1.807) is 0 Å². The molecule has 1 atom stereocenters. The van der Waals surface area contributed by atoms with Gasteiger partial charge in [0, 0.05) is 6.54 Å². The third-order valence-electron chi connectivity index (χ3n) is 3.65. The molecule has 23 heavy (non-hydrogen) atoms. The zero-order valence-corrected chi connectivity index (χ0v) is 13.1. The van der Waals surface area contributed by atoms with Crippen LogP contribution in [0.25, 0.3) is 0 Å². The highest BCUT2D eigenvalue weighted by Gasteiger charge is 2.17. The molecule has 0 fully saturated rings. The minimum absolute atomic E-state index is 0.138. The minimum atomic E-state index is -0.648. The molecule has 0 aliphatic carbocycles. The van der Waals surface area contributed by atoms with Crippen LogP contribution in [0.4, 0.5) is 4.79 Å². The second-order valence-corrected chi connectivity index (χ2v) is 5.38. The number of aryl methyl sites for hydroxylation is 1. The Hall–Kier alpha value is -2.82. The van der Waals surface area contributed by atoms with Crippen LogP contribution in [-0.4, -0.2) is 11.9 Å². The summed E-state index contributed by atoms with van der Waals surface area (Å²) in [4.78, 5) is 23.4. The van der Waals surface area contributed by atoms with Crippen LogP contribution in [0, 0.1) is 6.92 Å². The molecule has 3 amide bonds. The summed E-state index contributed by atoms with van der Waals surface area (Å²) in [6, 6.07) is 16.1. The van der Waals surface area contributed by atoms with Crippen LogP contribution in [-0.2, 0) is 11.3 Å². The zero-order chi connectivity index (χ0) is 16.7. The summed E-state index contributed by atoms with van der Waals surface area (Å²) in [6.45, 7) is 2.46. The van der Waals surface area contributed by atoms with Crippen LogP contribution in [0.1, 0.15) is 29.2 Å². The number of nitrogens with one attached hydrogen (secondary N) is 2. The van der Waals surface area contributed by atoms with Crippen LogP contribution in [0.5, 0.6) is 0 Å². The number of nitrogens with two attached hydrogens (primary N) is 1. The number of rotatable bonds is 6. The molecule has 5 nitrogen and oxygen atoms in total. The number of primary amides is 1. The van der Waals surface area contributed by atoms with Gasteiger partial charge in [-0.2, -0.15) is 0 Å². The topological polar surface area (TPSA) is 84.2 Å². The third kappa shape index (κ3) is 5.14. The van der Waals surface area contributed by atoms with Gasteiger partial charge in [-0.05, 0) is 23.6 Å². The zero-order valence-electron chi connectivity index (χ0n) is 13.1. The summed E-state index contributed by atoms with van der Waals surface area (Å²) >= 11 is 0. The fourth-order valence-electron chi connectivity index (χ4n) is 2.37. The van der Waals surface area contributed by atoms with Gasteiger partial charge in [-0.25, -0.2) is 4.79 Å². The molecule has 2 aromatic carbocycles. The van der Waals surface area contributed by atoms with Crippen molar-refractivity contribution in [2.45, 2.75) is 25.9 Å². The van der Waals surface area contributed by atoms with E-state index in [2.05, 4.69) is 10.6 Å². The molecule has 0 saturated carbocycles. The fourth-order valence-corrected chi connectivity index (χ4v) is 2.37. The van der Waals surface area contributed by atoms with Crippen molar-refractivity contribution in [3.05, 3.63) is 71.3 Å². The summed E-state index contributed by atoms with van der Waals surface area (Å²) in [5.41, 5.74) is 8.25. The Morgan fingerprint density at radius 3 is 2.35 bits per heavy atom. The Bertz CT molecular complexity index is 671. The largest absolute Gasteiger partial charge is 0.352 e. The monoisotopic (exact) mass is 311 g/mol. The lowest BCUT2D eigenvalue weighted by atomic mass is 10.0. The van der Waals surface area contributed by atoms with Crippen LogP contribution >= 0.6 is 0 Å². The van der Waals surface area contributed by atoms with Crippen LogP contribution in [0.2, 0.25) is 0 Å². The van der Waals surface area contributed by atoms with Crippen LogP contribution < -0.4 is 16.4 Å². The number of carbonyl (C=O) groups excluding carboxylic acids is 2. The Morgan fingerprint density at radius 2 is 1.70 bits per heavy atom. The lowest BCUT2D eigenvalue weighted by molar-refractivity contribution is -0.121. The SMILES string of the molecule is Cc1ccccc1CNC(=O)CC(NC(N)=O)c1ccccc1. The molecule has 5 heteroatoms. The van der Waals surface area contributed by atoms with Crippen molar-refractivity contribution in [3.63, 3.8) is 0 Å². The maximum Gasteiger partial charge on any atom is 0.312 e. The number of urea groups is 1. The molecular formula is C18H21N3O2. The number of hydrogen-bond acceptors (Lipinski definition) is 2. The van der Waals surface area contributed by atoms with Crippen molar-refractivity contribution in [3.8, 4) is 0 Å². The van der Waals surface area contributed by atoms with E-state index in [0.29, 0.717) is 6.54 Å². The fraction of sp³-hybridized carbons (Fsp3) is 0.222. The Morgan fingerprint density at radius 1 is 1.04 bits per heavy atom. The normalized spacial score (nSPS) is 11.5. The molecule has 1 unspecified atom stereocenters. The van der Waals surface area contributed by atoms with Crippen molar-refractivity contribution in [1.82, 2.24) is 10.6 Å². The van der Waals surface area contributed by atoms with Crippen LogP contribution in [0.3, 0.4) is 0 Å². The molecule has 0 heterocycles. The number of amides is 3. The average Bonchev–Trinajstić information content (AvgIpc) is 2.54. The first-order valence-electron chi connectivity index (χ1n) is 7.48. The van der Waals surface area contributed by atoms with Gasteiger partial charge in [0.1, 0.15) is 0 Å². The highest BCUT2D eigenvalue weighted by Crippen LogP contribution is 2.16. The number of benzene rings is 2. The molecule has 0 saturated heterocycles. The maximum absolute atomic E-state index is 12.2. The maximum atomic E-state index is 12.2. The molecule has 0 bridgehead atoms. The van der Waals surface area contributed by atoms with E-state index < -0.39 is 12.1 Å². The van der Waals surface area contributed by atoms with Gasteiger partial charge < -0.3 is 16.4 Å². The highest BCUT2D eigenvalue weighted by atomic mass is 16.2. The van der Waals surface area contributed by atoms with Gasteiger partial charge >= 0.3 is 6.03 Å². The second kappa shape index (κ2) is 7.98. The molecular weight excluding hydrogens is 290 g/mol. The average molecular weight is 311 g/mol. The second-order valence-electron chi connectivity index (χ2n) is 5.38. The minimum Gasteiger partial charge on any atom is -0.352 e. The van der Waals surface area contributed by atoms with Crippen molar-refractivity contribution >= 4 is 11.9 Å². The number of carbonyl (C=O) groups is 2. The van der Waals surface area contributed by atoms with E-state index in [0.717, 1.165) is 16.7 Å². The smallest absolute Gasteiger partial charge is 0.312 e. The summed E-state index contributed by atoms with van der Waals surface area (Å²) in [5, 5.41) is 5.50. The van der Waals surface area contributed by atoms with Crippen LogP contribution in [0.15, 0.2) is 54.6 Å². The van der Waals surface area contributed by atoms with Gasteiger partial charge in [0.15, 0.2) is 0 Å². The summed E-state index contributed by atoms with van der Waals surface area (Å²) in [6.07, 6.45) is 0.138. The standard InChI is InChI=1S/C18H21N3O2/c1-13-7-5-6-10-15(13)12-20-17(22)11-16(21-18(19)23)14-8-3-2-4-9-14/h2-10,16H,11-12H2,1H3,(H,20,22)(H3,19,21,23). The molecule has 4 N–H and O–H groups in total. The van der Waals surface area contributed by atoms with E-state index in [4.69, 9.17) is 5.73 Å². The van der Waals surface area contributed by atoms with E-state index in [1.165, 1.54) is 0 Å². The summed E-state index contributed by atoms with van der Waals surface area (Å²) in [5.74, 6) is -0.143. The predicted octanol–water partition coefficient (Wildman–Crippen LogP) is 2.41. The quantitative estimate of drug-likeness (QED) is 0.765. The van der Waals surface area contributed by atoms with Gasteiger partial charge in [-0.15, -0.1) is 0 Å². The van der Waals surface area contributed by atoms with Crippen molar-refractivity contribution in [2.75, 3.05) is 0 Å². The molecule has 0 aromatic heterocycles. The van der Waals surface area contributed by atoms with Gasteiger partial charge in [-0.3, -0.25) is 4.79 Å². The molecule has 0 aliphatic rings. The lowest BCUT2D eigenvalue weighted by Gasteiger charge is -2.18. The first-order valence-corrected chi connectivity index (χ1v) is 7.48. The van der Waals surface area contributed by atoms with Gasteiger partial charge in [0.05, 0.1) is 12.5 Å². The van der Waals surface area contributed by atoms with Crippen molar-refractivity contribution in [2.24, 2.45) is 5.73 Å². The lowest BCUT2D eigenvalue weighted by Crippen LogP contribution is -2.36. The molecule has 0 spiro atoms. The summed E-state index contributed by atoms with van der Waals surface area (Å²) < 4.78 is 0. The molecule has 0 radical (unpaired) electrons. The molecule has 2 aromatic rings. The Labute approximate surface area is 135 Å².